The van der Waals surface area contributed by atoms with Crippen molar-refractivity contribution in [3.63, 3.8) is 0 Å². The highest BCUT2D eigenvalue weighted by Gasteiger charge is 2.24. The minimum Gasteiger partial charge on any atom is -0.495 e. The Hall–Kier alpha value is -3.26. The van der Waals surface area contributed by atoms with E-state index in [9.17, 15) is 14.4 Å². The summed E-state index contributed by atoms with van der Waals surface area (Å²) < 4.78 is 10.4. The zero-order chi connectivity index (χ0) is 21.4. The standard InChI is InChI=1S/C20H22ClN3O5/c1-12(19(26)23-15-9-5-6-10-17(15)28-2)29-18(25)11-16(24-20(22)27)13-7-3-4-8-14(13)21/h3-10,12,16H,11H2,1-2H3,(H,23,26)(H3,22,24,27)/t12-,16+/m1/s1. The summed E-state index contributed by atoms with van der Waals surface area (Å²) in [5.74, 6) is -0.754. The molecule has 0 saturated carbocycles. The molecule has 2 atom stereocenters. The maximum Gasteiger partial charge on any atom is 0.312 e. The molecule has 0 spiro atoms. The Labute approximate surface area is 173 Å². The van der Waals surface area contributed by atoms with E-state index in [1.54, 1.807) is 48.5 Å². The maximum absolute atomic E-state index is 12.3. The van der Waals surface area contributed by atoms with Crippen molar-refractivity contribution >= 4 is 35.2 Å². The lowest BCUT2D eigenvalue weighted by Crippen LogP contribution is -2.36. The Balaban J connectivity index is 2.02. The Morgan fingerprint density at radius 2 is 1.76 bits per heavy atom. The third-order valence-corrected chi connectivity index (χ3v) is 4.35. The smallest absolute Gasteiger partial charge is 0.312 e. The third kappa shape index (κ3) is 6.39. The molecule has 0 saturated heterocycles. The summed E-state index contributed by atoms with van der Waals surface area (Å²) in [6.45, 7) is 1.44. The van der Waals surface area contributed by atoms with Gasteiger partial charge >= 0.3 is 12.0 Å². The molecule has 0 unspecified atom stereocenters. The molecule has 0 aromatic heterocycles. The molecule has 4 N–H and O–H groups in total. The number of amides is 3. The summed E-state index contributed by atoms with van der Waals surface area (Å²) in [6.07, 6.45) is -1.33. The van der Waals surface area contributed by atoms with Crippen LogP contribution < -0.4 is 21.1 Å². The number of halogens is 1. The number of primary amides is 1. The van der Waals surface area contributed by atoms with Gasteiger partial charge in [0.15, 0.2) is 6.10 Å². The fourth-order valence-corrected chi connectivity index (χ4v) is 2.88. The summed E-state index contributed by atoms with van der Waals surface area (Å²) in [5.41, 5.74) is 6.16. The first-order valence-electron chi connectivity index (χ1n) is 8.75. The molecule has 0 aliphatic heterocycles. The number of anilines is 1. The van der Waals surface area contributed by atoms with E-state index in [1.165, 1.54) is 14.0 Å². The second kappa shape index (κ2) is 10.3. The summed E-state index contributed by atoms with van der Waals surface area (Å²) in [4.78, 5) is 36.0. The zero-order valence-corrected chi connectivity index (χ0v) is 16.7. The van der Waals surface area contributed by atoms with Gasteiger partial charge in [0.1, 0.15) is 5.75 Å². The molecule has 2 aromatic rings. The lowest BCUT2D eigenvalue weighted by molar-refractivity contribution is -0.153. The van der Waals surface area contributed by atoms with Crippen molar-refractivity contribution in [1.29, 1.82) is 0 Å². The van der Waals surface area contributed by atoms with Crippen LogP contribution in [0.2, 0.25) is 5.02 Å². The highest BCUT2D eigenvalue weighted by molar-refractivity contribution is 6.31. The van der Waals surface area contributed by atoms with Crippen LogP contribution in [0.4, 0.5) is 10.5 Å². The van der Waals surface area contributed by atoms with E-state index in [0.29, 0.717) is 22.0 Å². The predicted molar refractivity (Wildman–Crippen MR) is 109 cm³/mol. The van der Waals surface area contributed by atoms with Gasteiger partial charge in [-0.3, -0.25) is 9.59 Å². The average molecular weight is 420 g/mol. The average Bonchev–Trinajstić information content (AvgIpc) is 2.67. The lowest BCUT2D eigenvalue weighted by atomic mass is 10.0. The number of nitrogens with two attached hydrogens (primary N) is 1. The number of methoxy groups -OCH3 is 1. The van der Waals surface area contributed by atoms with Gasteiger partial charge in [0.05, 0.1) is 25.3 Å². The molecule has 0 aliphatic carbocycles. The first kappa shape index (κ1) is 22.0. The minimum absolute atomic E-state index is 0.251. The molecular weight excluding hydrogens is 398 g/mol. The van der Waals surface area contributed by atoms with E-state index in [4.69, 9.17) is 26.8 Å². The first-order chi connectivity index (χ1) is 13.8. The van der Waals surface area contributed by atoms with Crippen molar-refractivity contribution in [2.24, 2.45) is 5.73 Å². The molecule has 154 valence electrons. The molecule has 29 heavy (non-hydrogen) atoms. The number of rotatable bonds is 8. The summed E-state index contributed by atoms with van der Waals surface area (Å²) >= 11 is 6.14. The third-order valence-electron chi connectivity index (χ3n) is 4.01. The number of carbonyl (C=O) groups is 3. The SMILES string of the molecule is COc1ccccc1NC(=O)[C@@H](C)OC(=O)C[C@H](NC(N)=O)c1ccccc1Cl. The van der Waals surface area contributed by atoms with Crippen LogP contribution >= 0.6 is 11.6 Å². The quantitative estimate of drug-likeness (QED) is 0.568. The van der Waals surface area contributed by atoms with E-state index in [1.807, 2.05) is 0 Å². The summed E-state index contributed by atoms with van der Waals surface area (Å²) in [5, 5.41) is 5.46. The van der Waals surface area contributed by atoms with Gasteiger partial charge < -0.3 is 25.8 Å². The summed E-state index contributed by atoms with van der Waals surface area (Å²) in [6, 6.07) is 12.0. The van der Waals surface area contributed by atoms with E-state index >= 15 is 0 Å². The number of esters is 1. The molecule has 0 radical (unpaired) electrons. The molecule has 8 nitrogen and oxygen atoms in total. The van der Waals surface area contributed by atoms with Gasteiger partial charge in [-0.2, -0.15) is 0 Å². The van der Waals surface area contributed by atoms with Crippen LogP contribution in [-0.4, -0.2) is 31.1 Å². The molecule has 0 heterocycles. The highest BCUT2D eigenvalue weighted by Crippen LogP contribution is 2.26. The van der Waals surface area contributed by atoms with Crippen LogP contribution in [0.5, 0.6) is 5.75 Å². The van der Waals surface area contributed by atoms with Gasteiger partial charge in [0, 0.05) is 5.02 Å². The predicted octanol–water partition coefficient (Wildman–Crippen LogP) is 3.02. The molecule has 3 amide bonds. The van der Waals surface area contributed by atoms with Crippen molar-refractivity contribution in [3.05, 3.63) is 59.1 Å². The van der Waals surface area contributed by atoms with Crippen LogP contribution in [0.15, 0.2) is 48.5 Å². The number of hydrogen-bond acceptors (Lipinski definition) is 5. The zero-order valence-electron chi connectivity index (χ0n) is 16.0. The number of benzene rings is 2. The fourth-order valence-electron chi connectivity index (χ4n) is 2.62. The van der Waals surface area contributed by atoms with E-state index in [2.05, 4.69) is 10.6 Å². The number of ether oxygens (including phenoxy) is 2. The van der Waals surface area contributed by atoms with Gasteiger partial charge in [-0.05, 0) is 30.7 Å². The summed E-state index contributed by atoms with van der Waals surface area (Å²) in [7, 11) is 1.48. The van der Waals surface area contributed by atoms with Gasteiger partial charge in [-0.15, -0.1) is 0 Å². The maximum atomic E-state index is 12.3. The van der Waals surface area contributed by atoms with Crippen LogP contribution in [-0.2, 0) is 14.3 Å². The Morgan fingerprint density at radius 3 is 2.41 bits per heavy atom. The van der Waals surface area contributed by atoms with Crippen molar-refractivity contribution < 1.29 is 23.9 Å². The Bertz CT molecular complexity index is 890. The normalized spacial score (nSPS) is 12.4. The number of para-hydroxylation sites is 2. The van der Waals surface area contributed by atoms with Crippen LogP contribution in [0.25, 0.3) is 0 Å². The van der Waals surface area contributed by atoms with Gasteiger partial charge in [0.2, 0.25) is 0 Å². The van der Waals surface area contributed by atoms with Crippen LogP contribution in [0.3, 0.4) is 0 Å². The second-order valence-corrected chi connectivity index (χ2v) is 6.52. The Kier molecular flexibility index (Phi) is 7.85. The van der Waals surface area contributed by atoms with E-state index in [-0.39, 0.29) is 6.42 Å². The van der Waals surface area contributed by atoms with E-state index < -0.39 is 30.1 Å². The van der Waals surface area contributed by atoms with Gasteiger partial charge in [-0.25, -0.2) is 4.79 Å². The minimum atomic E-state index is -1.08. The van der Waals surface area contributed by atoms with Crippen LogP contribution in [0, 0.1) is 0 Å². The van der Waals surface area contributed by atoms with Crippen molar-refractivity contribution in [3.8, 4) is 5.75 Å². The van der Waals surface area contributed by atoms with Crippen molar-refractivity contribution in [1.82, 2.24) is 5.32 Å². The molecular formula is C20H22ClN3O5. The fraction of sp³-hybridized carbons (Fsp3) is 0.250. The van der Waals surface area contributed by atoms with Crippen molar-refractivity contribution in [2.45, 2.75) is 25.5 Å². The highest BCUT2D eigenvalue weighted by atomic mass is 35.5. The molecule has 9 heteroatoms. The number of urea groups is 1. The second-order valence-electron chi connectivity index (χ2n) is 6.11. The largest absolute Gasteiger partial charge is 0.495 e. The van der Waals surface area contributed by atoms with Crippen molar-refractivity contribution in [2.75, 3.05) is 12.4 Å². The van der Waals surface area contributed by atoms with E-state index in [0.717, 1.165) is 0 Å². The number of hydrogen-bond donors (Lipinski definition) is 3. The monoisotopic (exact) mass is 419 g/mol. The lowest BCUT2D eigenvalue weighted by Gasteiger charge is -2.20. The number of carbonyl (C=O) groups excluding carboxylic acids is 3. The first-order valence-corrected chi connectivity index (χ1v) is 9.13. The molecule has 0 bridgehead atoms. The topological polar surface area (TPSA) is 120 Å². The number of nitrogens with one attached hydrogen (secondary N) is 2. The van der Waals surface area contributed by atoms with Gasteiger partial charge in [-0.1, -0.05) is 41.9 Å². The molecule has 2 aromatic carbocycles. The molecule has 0 fully saturated rings. The van der Waals surface area contributed by atoms with Crippen LogP contribution in [0.1, 0.15) is 24.9 Å². The molecule has 0 aliphatic rings. The Morgan fingerprint density at radius 1 is 1.10 bits per heavy atom. The van der Waals surface area contributed by atoms with Gasteiger partial charge in [0.25, 0.3) is 5.91 Å². The molecule has 2 rings (SSSR count).